The molecule has 24 heavy (non-hydrogen) atoms. The van der Waals surface area contributed by atoms with E-state index in [4.69, 9.17) is 0 Å². The van der Waals surface area contributed by atoms with Crippen LogP contribution in [0.1, 0.15) is 29.0 Å². The summed E-state index contributed by atoms with van der Waals surface area (Å²) in [6.45, 7) is 6.27. The first kappa shape index (κ1) is 16.5. The predicted molar refractivity (Wildman–Crippen MR) is 99.8 cm³/mol. The van der Waals surface area contributed by atoms with Crippen LogP contribution in [-0.2, 0) is 0 Å². The molecule has 5 nitrogen and oxygen atoms in total. The molecule has 0 bridgehead atoms. The highest BCUT2D eigenvalue weighted by atomic mass is 32.1. The number of hydrogen-bond acceptors (Lipinski definition) is 6. The molecule has 0 spiro atoms. The Hall–Kier alpha value is -2.31. The van der Waals surface area contributed by atoms with E-state index >= 15 is 0 Å². The number of aryl methyl sites for hydroxylation is 2. The van der Waals surface area contributed by atoms with E-state index in [9.17, 15) is 0 Å². The van der Waals surface area contributed by atoms with Crippen LogP contribution in [0, 0.1) is 13.8 Å². The van der Waals surface area contributed by atoms with E-state index < -0.39 is 0 Å². The van der Waals surface area contributed by atoms with Crippen LogP contribution < -0.4 is 10.6 Å². The minimum Gasteiger partial charge on any atom is -0.324 e. The summed E-state index contributed by atoms with van der Waals surface area (Å²) in [5.41, 5.74) is 4.24. The molecule has 0 fully saturated rings. The first-order valence-electron chi connectivity index (χ1n) is 7.87. The van der Waals surface area contributed by atoms with Gasteiger partial charge in [-0.1, -0.05) is 6.07 Å². The SMILES string of the molecule is CNC(C)c1cnc(-c2ccnc(Nc3cc(C)cc(C)c3)n2)s1. The molecule has 0 radical (unpaired) electrons. The zero-order valence-corrected chi connectivity index (χ0v) is 15.1. The van der Waals surface area contributed by atoms with Gasteiger partial charge in [-0.25, -0.2) is 15.0 Å². The third-order valence-electron chi connectivity index (χ3n) is 3.74. The van der Waals surface area contributed by atoms with Crippen molar-refractivity contribution in [2.45, 2.75) is 26.8 Å². The highest BCUT2D eigenvalue weighted by Gasteiger charge is 2.11. The molecule has 6 heteroatoms. The second-order valence-electron chi connectivity index (χ2n) is 5.85. The summed E-state index contributed by atoms with van der Waals surface area (Å²) in [6, 6.07) is 8.48. The topological polar surface area (TPSA) is 62.7 Å². The summed E-state index contributed by atoms with van der Waals surface area (Å²) >= 11 is 1.65. The molecule has 0 saturated heterocycles. The average Bonchev–Trinajstić information content (AvgIpc) is 3.03. The summed E-state index contributed by atoms with van der Waals surface area (Å²) in [6.07, 6.45) is 3.66. The maximum absolute atomic E-state index is 4.60. The normalized spacial score (nSPS) is 12.2. The van der Waals surface area contributed by atoms with Gasteiger partial charge in [0.2, 0.25) is 5.95 Å². The maximum atomic E-state index is 4.60. The lowest BCUT2D eigenvalue weighted by Crippen LogP contribution is -2.10. The lowest BCUT2D eigenvalue weighted by atomic mass is 10.1. The van der Waals surface area contributed by atoms with Crippen LogP contribution in [0.15, 0.2) is 36.7 Å². The first-order chi connectivity index (χ1) is 11.5. The molecular weight excluding hydrogens is 318 g/mol. The van der Waals surface area contributed by atoms with Crippen molar-refractivity contribution in [3.05, 3.63) is 52.7 Å². The highest BCUT2D eigenvalue weighted by molar-refractivity contribution is 7.15. The number of nitrogens with one attached hydrogen (secondary N) is 2. The fraction of sp³-hybridized carbons (Fsp3) is 0.278. The second kappa shape index (κ2) is 7.07. The quantitative estimate of drug-likeness (QED) is 0.728. The van der Waals surface area contributed by atoms with E-state index in [1.165, 1.54) is 16.0 Å². The molecular formula is C18H21N5S. The average molecular weight is 339 g/mol. The second-order valence-corrected chi connectivity index (χ2v) is 6.91. The van der Waals surface area contributed by atoms with Gasteiger partial charge in [-0.3, -0.25) is 0 Å². The maximum Gasteiger partial charge on any atom is 0.227 e. The Kier molecular flexibility index (Phi) is 4.87. The summed E-state index contributed by atoms with van der Waals surface area (Å²) in [4.78, 5) is 14.6. The molecule has 2 N–H and O–H groups in total. The van der Waals surface area contributed by atoms with Gasteiger partial charge in [0.1, 0.15) is 10.7 Å². The van der Waals surface area contributed by atoms with Crippen molar-refractivity contribution in [3.63, 3.8) is 0 Å². The van der Waals surface area contributed by atoms with E-state index in [1.54, 1.807) is 17.5 Å². The number of benzene rings is 1. The van der Waals surface area contributed by atoms with Gasteiger partial charge in [0.25, 0.3) is 0 Å². The third kappa shape index (κ3) is 3.77. The van der Waals surface area contributed by atoms with Crippen molar-refractivity contribution in [3.8, 4) is 10.7 Å². The Morgan fingerprint density at radius 2 is 1.83 bits per heavy atom. The number of anilines is 2. The van der Waals surface area contributed by atoms with Crippen LogP contribution in [0.2, 0.25) is 0 Å². The molecule has 2 heterocycles. The van der Waals surface area contributed by atoms with Crippen molar-refractivity contribution < 1.29 is 0 Å². The minimum absolute atomic E-state index is 0.283. The number of rotatable bonds is 5. The van der Waals surface area contributed by atoms with Crippen LogP contribution in [0.3, 0.4) is 0 Å². The van der Waals surface area contributed by atoms with E-state index in [2.05, 4.69) is 64.6 Å². The molecule has 1 atom stereocenters. The van der Waals surface area contributed by atoms with Gasteiger partial charge in [0.05, 0.1) is 0 Å². The number of hydrogen-bond donors (Lipinski definition) is 2. The summed E-state index contributed by atoms with van der Waals surface area (Å²) < 4.78 is 0. The Morgan fingerprint density at radius 3 is 2.54 bits per heavy atom. The van der Waals surface area contributed by atoms with Crippen molar-refractivity contribution in [2.24, 2.45) is 0 Å². The van der Waals surface area contributed by atoms with Crippen LogP contribution in [0.4, 0.5) is 11.6 Å². The zero-order valence-electron chi connectivity index (χ0n) is 14.3. The zero-order chi connectivity index (χ0) is 17.1. The first-order valence-corrected chi connectivity index (χ1v) is 8.68. The molecule has 1 aromatic carbocycles. The molecule has 0 amide bonds. The van der Waals surface area contributed by atoms with Gasteiger partial charge in [0, 0.05) is 29.0 Å². The largest absolute Gasteiger partial charge is 0.324 e. The number of aromatic nitrogens is 3. The molecule has 0 aliphatic rings. The third-order valence-corrected chi connectivity index (χ3v) is 4.94. The van der Waals surface area contributed by atoms with E-state index in [0.717, 1.165) is 16.4 Å². The summed E-state index contributed by atoms with van der Waals surface area (Å²) in [7, 11) is 1.95. The number of nitrogens with zero attached hydrogens (tertiary/aromatic N) is 3. The monoisotopic (exact) mass is 339 g/mol. The van der Waals surface area contributed by atoms with Crippen LogP contribution >= 0.6 is 11.3 Å². The predicted octanol–water partition coefficient (Wildman–Crippen LogP) is 4.24. The molecule has 124 valence electrons. The van der Waals surface area contributed by atoms with Crippen molar-refractivity contribution in [2.75, 3.05) is 12.4 Å². The Balaban J connectivity index is 1.85. The standard InChI is InChI=1S/C18H21N5S/c1-11-7-12(2)9-14(8-11)22-18-20-6-5-15(23-18)17-21-10-16(24-17)13(3)19-4/h5-10,13,19H,1-4H3,(H,20,22,23). The molecule has 0 aliphatic heterocycles. The fourth-order valence-electron chi connectivity index (χ4n) is 2.46. The lowest BCUT2D eigenvalue weighted by Gasteiger charge is -2.08. The fourth-order valence-corrected chi connectivity index (χ4v) is 3.41. The molecule has 2 aromatic heterocycles. The van der Waals surface area contributed by atoms with Crippen molar-refractivity contribution in [1.29, 1.82) is 0 Å². The van der Waals surface area contributed by atoms with Gasteiger partial charge in [0.15, 0.2) is 0 Å². The van der Waals surface area contributed by atoms with E-state index in [0.29, 0.717) is 5.95 Å². The summed E-state index contributed by atoms with van der Waals surface area (Å²) in [5.74, 6) is 0.580. The van der Waals surface area contributed by atoms with Crippen LogP contribution in [0.25, 0.3) is 10.7 Å². The Labute approximate surface area is 146 Å². The van der Waals surface area contributed by atoms with E-state index in [-0.39, 0.29) is 6.04 Å². The molecule has 3 aromatic rings. The van der Waals surface area contributed by atoms with E-state index in [1.807, 2.05) is 19.3 Å². The highest BCUT2D eigenvalue weighted by Crippen LogP contribution is 2.28. The van der Waals surface area contributed by atoms with Gasteiger partial charge in [-0.2, -0.15) is 0 Å². The minimum atomic E-state index is 0.283. The summed E-state index contributed by atoms with van der Waals surface area (Å²) in [5, 5.41) is 7.41. The molecule has 1 unspecified atom stereocenters. The van der Waals surface area contributed by atoms with Gasteiger partial charge < -0.3 is 10.6 Å². The van der Waals surface area contributed by atoms with Gasteiger partial charge in [-0.15, -0.1) is 11.3 Å². The molecule has 3 rings (SSSR count). The smallest absolute Gasteiger partial charge is 0.227 e. The Bertz CT molecular complexity index is 823. The van der Waals surface area contributed by atoms with Crippen molar-refractivity contribution in [1.82, 2.24) is 20.3 Å². The number of thiazole rings is 1. The molecule has 0 saturated carbocycles. The lowest BCUT2D eigenvalue weighted by molar-refractivity contribution is 0.662. The van der Waals surface area contributed by atoms with Crippen molar-refractivity contribution >= 4 is 23.0 Å². The van der Waals surface area contributed by atoms with Gasteiger partial charge >= 0.3 is 0 Å². The molecule has 0 aliphatic carbocycles. The van der Waals surface area contributed by atoms with Crippen LogP contribution in [-0.4, -0.2) is 22.0 Å². The van der Waals surface area contributed by atoms with Crippen LogP contribution in [0.5, 0.6) is 0 Å². The Morgan fingerprint density at radius 1 is 1.08 bits per heavy atom. The van der Waals surface area contributed by atoms with Gasteiger partial charge in [-0.05, 0) is 57.1 Å².